The van der Waals surface area contributed by atoms with E-state index in [1.54, 1.807) is 0 Å². The van der Waals surface area contributed by atoms with E-state index < -0.39 is 0 Å². The molecule has 0 saturated heterocycles. The summed E-state index contributed by atoms with van der Waals surface area (Å²) >= 11 is 6.07. The van der Waals surface area contributed by atoms with Gasteiger partial charge in [-0.1, -0.05) is 39.3 Å². The van der Waals surface area contributed by atoms with Gasteiger partial charge in [-0.3, -0.25) is 0 Å². The summed E-state index contributed by atoms with van der Waals surface area (Å²) in [4.78, 5) is 8.56. The lowest BCUT2D eigenvalue weighted by Crippen LogP contribution is -2.25. The lowest BCUT2D eigenvalue weighted by atomic mass is 9.85. The molecule has 3 nitrogen and oxygen atoms in total. The Morgan fingerprint density at radius 2 is 1.61 bits per heavy atom. The van der Waals surface area contributed by atoms with Crippen LogP contribution in [0.15, 0.2) is 0 Å². The summed E-state index contributed by atoms with van der Waals surface area (Å²) < 4.78 is 0. The van der Waals surface area contributed by atoms with E-state index in [4.69, 9.17) is 11.6 Å². The van der Waals surface area contributed by atoms with Crippen molar-refractivity contribution in [2.45, 2.75) is 41.5 Å². The normalized spacial score (nSPS) is 11.7. The average molecular weight is 270 g/mol. The van der Waals surface area contributed by atoms with Crippen molar-refractivity contribution in [1.29, 1.82) is 0 Å². The summed E-state index contributed by atoms with van der Waals surface area (Å²) in [6, 6.07) is 0. The van der Waals surface area contributed by atoms with E-state index in [1.807, 2.05) is 13.8 Å². The van der Waals surface area contributed by atoms with E-state index in [9.17, 15) is 0 Å². The molecule has 0 fully saturated rings. The van der Waals surface area contributed by atoms with Gasteiger partial charge in [0.25, 0.3) is 0 Å². The Labute approximate surface area is 115 Å². The molecule has 0 aliphatic heterocycles. The van der Waals surface area contributed by atoms with Gasteiger partial charge < -0.3 is 5.32 Å². The van der Waals surface area contributed by atoms with Gasteiger partial charge in [0.15, 0.2) is 0 Å². The highest BCUT2D eigenvalue weighted by Crippen LogP contribution is 2.23. The molecule has 18 heavy (non-hydrogen) atoms. The molecule has 4 heteroatoms. The van der Waals surface area contributed by atoms with E-state index in [0.29, 0.717) is 28.7 Å². The second kappa shape index (κ2) is 6.37. The first-order chi connectivity index (χ1) is 8.32. The second-order valence-electron chi connectivity index (χ2n) is 5.57. The van der Waals surface area contributed by atoms with Gasteiger partial charge in [0.2, 0.25) is 0 Å². The maximum Gasteiger partial charge on any atom is 0.137 e. The lowest BCUT2D eigenvalue weighted by Gasteiger charge is -2.25. The van der Waals surface area contributed by atoms with E-state index in [-0.39, 0.29) is 0 Å². The van der Waals surface area contributed by atoms with E-state index >= 15 is 0 Å². The zero-order chi connectivity index (χ0) is 13.9. The van der Waals surface area contributed by atoms with E-state index in [0.717, 1.165) is 17.9 Å². The van der Waals surface area contributed by atoms with Gasteiger partial charge in [-0.25, -0.2) is 9.97 Å². The Balaban J connectivity index is 2.79. The topological polar surface area (TPSA) is 37.8 Å². The Bertz CT molecular complexity index is 394. The van der Waals surface area contributed by atoms with Crippen LogP contribution in [-0.2, 0) is 0 Å². The molecule has 0 unspecified atom stereocenters. The third-order valence-corrected chi connectivity index (χ3v) is 3.78. The molecule has 0 bridgehead atoms. The molecule has 1 N–H and O–H groups in total. The van der Waals surface area contributed by atoms with Crippen LogP contribution in [0.3, 0.4) is 0 Å². The van der Waals surface area contributed by atoms with Crippen LogP contribution >= 0.6 is 11.6 Å². The molecule has 1 aromatic rings. The molecular formula is C14H24ClN3. The minimum absolute atomic E-state index is 0.538. The van der Waals surface area contributed by atoms with Gasteiger partial charge in [0.1, 0.15) is 16.8 Å². The first-order valence-electron chi connectivity index (χ1n) is 6.57. The van der Waals surface area contributed by atoms with Gasteiger partial charge >= 0.3 is 0 Å². The number of aromatic nitrogens is 2. The first-order valence-corrected chi connectivity index (χ1v) is 6.95. The maximum atomic E-state index is 6.07. The molecule has 0 aliphatic carbocycles. The highest BCUT2D eigenvalue weighted by Gasteiger charge is 2.18. The Morgan fingerprint density at radius 1 is 1.06 bits per heavy atom. The minimum atomic E-state index is 0.538. The molecule has 102 valence electrons. The van der Waals surface area contributed by atoms with Crippen molar-refractivity contribution in [3.63, 3.8) is 0 Å². The molecule has 0 saturated carbocycles. The van der Waals surface area contributed by atoms with Crippen LogP contribution in [0.1, 0.15) is 39.1 Å². The quantitative estimate of drug-likeness (QED) is 0.819. The van der Waals surface area contributed by atoms with Crippen molar-refractivity contribution in [2.75, 3.05) is 11.9 Å². The number of hydrogen-bond acceptors (Lipinski definition) is 3. The second-order valence-corrected chi connectivity index (χ2v) is 5.93. The molecule has 0 radical (unpaired) electrons. The minimum Gasteiger partial charge on any atom is -0.369 e. The highest BCUT2D eigenvalue weighted by atomic mass is 35.5. The van der Waals surface area contributed by atoms with Crippen LogP contribution in [0.25, 0.3) is 0 Å². The maximum absolute atomic E-state index is 6.07. The number of rotatable bonds is 5. The highest BCUT2D eigenvalue weighted by molar-refractivity contribution is 6.30. The molecular weight excluding hydrogens is 246 g/mol. The molecule has 1 rings (SSSR count). The van der Waals surface area contributed by atoms with Crippen LogP contribution in [0.2, 0.25) is 5.15 Å². The smallest absolute Gasteiger partial charge is 0.137 e. The predicted octanol–water partition coefficient (Wildman–Crippen LogP) is 4.09. The number of halogens is 1. The number of aryl methyl sites for hydroxylation is 1. The van der Waals surface area contributed by atoms with E-state index in [2.05, 4.69) is 43.0 Å². The fraction of sp³-hybridized carbons (Fsp3) is 0.714. The standard InChI is InChI=1S/C14H24ClN3/c1-8(2)12(9(3)4)7-16-14-10(5)13(15)17-11(6)18-14/h8-9,12H,7H2,1-6H3,(H,16,17,18). The molecule has 0 aromatic carbocycles. The predicted molar refractivity (Wildman–Crippen MR) is 78.2 cm³/mol. The largest absolute Gasteiger partial charge is 0.369 e. The third kappa shape index (κ3) is 3.84. The monoisotopic (exact) mass is 269 g/mol. The van der Waals surface area contributed by atoms with Crippen LogP contribution in [0.5, 0.6) is 0 Å². The van der Waals surface area contributed by atoms with Crippen molar-refractivity contribution in [1.82, 2.24) is 9.97 Å². The fourth-order valence-electron chi connectivity index (χ4n) is 2.22. The van der Waals surface area contributed by atoms with Gasteiger partial charge in [0, 0.05) is 12.1 Å². The Kier molecular flexibility index (Phi) is 5.39. The SMILES string of the molecule is Cc1nc(Cl)c(C)c(NCC(C(C)C)C(C)C)n1. The van der Waals surface area contributed by atoms with Gasteiger partial charge in [0.05, 0.1) is 0 Å². The number of nitrogens with zero attached hydrogens (tertiary/aromatic N) is 2. The summed E-state index contributed by atoms with van der Waals surface area (Å²) in [6.45, 7) is 13.8. The summed E-state index contributed by atoms with van der Waals surface area (Å²) in [5.41, 5.74) is 0.925. The van der Waals surface area contributed by atoms with Crippen LogP contribution in [0.4, 0.5) is 5.82 Å². The summed E-state index contributed by atoms with van der Waals surface area (Å²) in [5.74, 6) is 3.49. The molecule has 0 spiro atoms. The number of hydrogen-bond donors (Lipinski definition) is 1. The summed E-state index contributed by atoms with van der Waals surface area (Å²) in [7, 11) is 0. The first kappa shape index (κ1) is 15.2. The van der Waals surface area contributed by atoms with Crippen molar-refractivity contribution in [3.05, 3.63) is 16.5 Å². The van der Waals surface area contributed by atoms with Crippen LogP contribution in [-0.4, -0.2) is 16.5 Å². The third-order valence-electron chi connectivity index (χ3n) is 3.42. The zero-order valence-electron chi connectivity index (χ0n) is 12.2. The molecule has 0 atom stereocenters. The summed E-state index contributed by atoms with van der Waals surface area (Å²) in [5, 5.41) is 3.96. The molecule has 0 aliphatic rings. The van der Waals surface area contributed by atoms with E-state index in [1.165, 1.54) is 0 Å². The number of anilines is 1. The molecule has 1 heterocycles. The number of nitrogens with one attached hydrogen (secondary N) is 1. The van der Waals surface area contributed by atoms with Crippen molar-refractivity contribution < 1.29 is 0 Å². The zero-order valence-corrected chi connectivity index (χ0v) is 13.0. The van der Waals surface area contributed by atoms with Crippen molar-refractivity contribution in [3.8, 4) is 0 Å². The molecule has 0 amide bonds. The van der Waals surface area contributed by atoms with Gasteiger partial charge in [-0.15, -0.1) is 0 Å². The average Bonchev–Trinajstić information content (AvgIpc) is 2.23. The molecule has 1 aromatic heterocycles. The fourth-order valence-corrected chi connectivity index (χ4v) is 2.43. The lowest BCUT2D eigenvalue weighted by molar-refractivity contribution is 0.304. The Morgan fingerprint density at radius 3 is 2.11 bits per heavy atom. The Hall–Kier alpha value is -0.830. The van der Waals surface area contributed by atoms with Gasteiger partial charge in [-0.05, 0) is 31.6 Å². The summed E-state index contributed by atoms with van der Waals surface area (Å²) in [6.07, 6.45) is 0. The van der Waals surface area contributed by atoms with Crippen LogP contribution in [0, 0.1) is 31.6 Å². The van der Waals surface area contributed by atoms with Crippen LogP contribution < -0.4 is 5.32 Å². The van der Waals surface area contributed by atoms with Crippen molar-refractivity contribution >= 4 is 17.4 Å². The van der Waals surface area contributed by atoms with Crippen molar-refractivity contribution in [2.24, 2.45) is 17.8 Å². The van der Waals surface area contributed by atoms with Gasteiger partial charge in [-0.2, -0.15) is 0 Å².